The molecular weight excluding hydrogens is 703 g/mol. The van der Waals surface area contributed by atoms with Gasteiger partial charge >= 0.3 is 24.2 Å². The van der Waals surface area contributed by atoms with Gasteiger partial charge in [0.15, 0.2) is 5.82 Å². The summed E-state index contributed by atoms with van der Waals surface area (Å²) in [6.45, 7) is 17.8. The molecular formula is C38H49FN6O9. The van der Waals surface area contributed by atoms with E-state index in [9.17, 15) is 19.2 Å². The lowest BCUT2D eigenvalue weighted by Crippen LogP contribution is -2.48. The lowest BCUT2D eigenvalue weighted by molar-refractivity contribution is -0.154. The van der Waals surface area contributed by atoms with Crippen molar-refractivity contribution in [2.24, 2.45) is 0 Å². The molecule has 292 valence electrons. The van der Waals surface area contributed by atoms with Gasteiger partial charge in [-0.3, -0.25) is 20.3 Å². The summed E-state index contributed by atoms with van der Waals surface area (Å²) in [6, 6.07) is 3.04. The Kier molecular flexibility index (Phi) is 11.3. The second kappa shape index (κ2) is 15.2. The number of nitrogens with one attached hydrogen (secondary N) is 3. The molecule has 1 saturated carbocycles. The van der Waals surface area contributed by atoms with E-state index in [1.54, 1.807) is 69.2 Å². The molecule has 5 rings (SSSR count). The van der Waals surface area contributed by atoms with Gasteiger partial charge in [-0.25, -0.2) is 28.7 Å². The number of fused-ring (bicyclic) bond motifs is 2. The number of carbonyl (C=O) groups is 4. The molecule has 0 radical (unpaired) electrons. The number of ether oxygens (including phenoxy) is 5. The van der Waals surface area contributed by atoms with Crippen molar-refractivity contribution in [3.8, 4) is 17.0 Å². The molecule has 0 bridgehead atoms. The van der Waals surface area contributed by atoms with Crippen LogP contribution < -0.4 is 25.6 Å². The highest BCUT2D eigenvalue weighted by molar-refractivity contribution is 6.05. The number of hydrogen-bond acceptors (Lipinski definition) is 12. The van der Waals surface area contributed by atoms with Crippen LogP contribution in [-0.4, -0.2) is 82.9 Å². The minimum atomic E-state index is -0.894. The molecule has 3 aromatic rings. The number of carbonyl (C=O) groups excluding carboxylic acids is 4. The molecule has 1 aromatic carbocycles. The lowest BCUT2D eigenvalue weighted by Gasteiger charge is -2.35. The van der Waals surface area contributed by atoms with E-state index in [0.29, 0.717) is 35.0 Å². The van der Waals surface area contributed by atoms with Crippen molar-refractivity contribution in [2.45, 2.75) is 111 Å². The van der Waals surface area contributed by atoms with E-state index in [1.807, 2.05) is 0 Å². The number of anilines is 3. The Balaban J connectivity index is 1.42. The van der Waals surface area contributed by atoms with Crippen LogP contribution in [0.25, 0.3) is 21.9 Å². The summed E-state index contributed by atoms with van der Waals surface area (Å²) in [7, 11) is 0. The predicted octanol–water partition coefficient (Wildman–Crippen LogP) is 7.24. The highest BCUT2D eigenvalue weighted by Gasteiger charge is 2.34. The molecule has 1 aliphatic heterocycles. The molecule has 3 amide bonds. The Labute approximate surface area is 313 Å². The fraction of sp³-hybridized carbons (Fsp3) is 0.526. The molecule has 0 unspecified atom stereocenters. The molecule has 16 heteroatoms. The van der Waals surface area contributed by atoms with Gasteiger partial charge in [0.2, 0.25) is 5.88 Å². The fourth-order valence-corrected chi connectivity index (χ4v) is 5.89. The zero-order valence-corrected chi connectivity index (χ0v) is 32.4. The van der Waals surface area contributed by atoms with Gasteiger partial charge in [-0.05, 0) is 105 Å². The highest BCUT2D eigenvalue weighted by atomic mass is 19.1. The molecule has 3 N–H and O–H groups in total. The fourth-order valence-electron chi connectivity index (χ4n) is 5.89. The average Bonchev–Trinajstić information content (AvgIpc) is 3.01. The summed E-state index contributed by atoms with van der Waals surface area (Å²) < 4.78 is 44.4. The quantitative estimate of drug-likeness (QED) is 0.163. The zero-order valence-electron chi connectivity index (χ0n) is 32.4. The van der Waals surface area contributed by atoms with Crippen molar-refractivity contribution < 1.29 is 47.3 Å². The standard InChI is InChI=1S/C38H49FN6O9/c1-20-25(17-42-32-31(20)45(11-12-50-32)35(49)54-38(8,9)10)24-13-21-14-27(41-18-26(21)30(29(24)39)44-34(48)53-37(5,6)7)43-33(47)51-23-15-22(16-23)40-19-28(46)52-36(2,3)4/h13-14,17-18,22-23,40H,11-12,15-16,19H2,1-10H3,(H,44,48)(H,41,43,47). The minimum absolute atomic E-state index is 0.0114. The van der Waals surface area contributed by atoms with Gasteiger partial charge in [-0.1, -0.05) is 0 Å². The van der Waals surface area contributed by atoms with Crippen molar-refractivity contribution in [3.05, 3.63) is 35.9 Å². The maximum Gasteiger partial charge on any atom is 0.415 e. The van der Waals surface area contributed by atoms with E-state index in [2.05, 4.69) is 25.9 Å². The summed E-state index contributed by atoms with van der Waals surface area (Å²) in [4.78, 5) is 61.2. The van der Waals surface area contributed by atoms with Crippen molar-refractivity contribution >= 4 is 52.2 Å². The van der Waals surface area contributed by atoms with Gasteiger partial charge in [-0.2, -0.15) is 0 Å². The first-order chi connectivity index (χ1) is 25.1. The van der Waals surface area contributed by atoms with E-state index in [4.69, 9.17) is 23.7 Å². The topological polar surface area (TPSA) is 180 Å². The third-order valence-corrected chi connectivity index (χ3v) is 8.14. The van der Waals surface area contributed by atoms with Crippen molar-refractivity contribution in [1.82, 2.24) is 15.3 Å². The Hall–Kier alpha value is -5.25. The zero-order chi connectivity index (χ0) is 39.7. The number of esters is 1. The Morgan fingerprint density at radius 2 is 1.54 bits per heavy atom. The largest absolute Gasteiger partial charge is 0.474 e. The first-order valence-electron chi connectivity index (χ1n) is 17.8. The molecule has 0 atom stereocenters. The van der Waals surface area contributed by atoms with E-state index >= 15 is 4.39 Å². The van der Waals surface area contributed by atoms with Crippen LogP contribution in [0.15, 0.2) is 24.5 Å². The number of hydrogen-bond donors (Lipinski definition) is 3. The van der Waals surface area contributed by atoms with Crippen LogP contribution in [0, 0.1) is 12.7 Å². The maximum atomic E-state index is 16.7. The highest BCUT2D eigenvalue weighted by Crippen LogP contribution is 2.42. The molecule has 3 heterocycles. The number of aromatic nitrogens is 2. The van der Waals surface area contributed by atoms with Crippen LogP contribution in [0.4, 0.5) is 36.0 Å². The van der Waals surface area contributed by atoms with Gasteiger partial charge in [0.1, 0.15) is 41.0 Å². The van der Waals surface area contributed by atoms with Gasteiger partial charge in [0.25, 0.3) is 0 Å². The number of amides is 3. The molecule has 2 aromatic heterocycles. The summed E-state index contributed by atoms with van der Waals surface area (Å²) in [5.74, 6) is -0.876. The molecule has 54 heavy (non-hydrogen) atoms. The number of rotatable bonds is 7. The van der Waals surface area contributed by atoms with E-state index in [-0.39, 0.29) is 66.1 Å². The van der Waals surface area contributed by atoms with Gasteiger partial charge in [0.05, 0.1) is 18.8 Å². The van der Waals surface area contributed by atoms with E-state index < -0.39 is 40.9 Å². The van der Waals surface area contributed by atoms with Gasteiger partial charge in [-0.15, -0.1) is 0 Å². The van der Waals surface area contributed by atoms with Gasteiger partial charge < -0.3 is 29.0 Å². The Morgan fingerprint density at radius 1 is 0.870 bits per heavy atom. The molecule has 0 saturated heterocycles. The SMILES string of the molecule is Cc1c(-c2cc3cc(NC(=O)OC4CC(NCC(=O)OC(C)(C)C)C4)ncc3c(NC(=O)OC(C)(C)C)c2F)cnc2c1N(C(=O)OC(C)(C)C)CCO2. The van der Waals surface area contributed by atoms with Crippen molar-refractivity contribution in [1.29, 1.82) is 0 Å². The van der Waals surface area contributed by atoms with Crippen molar-refractivity contribution in [3.63, 3.8) is 0 Å². The predicted molar refractivity (Wildman–Crippen MR) is 199 cm³/mol. The molecule has 1 fully saturated rings. The number of halogens is 1. The number of benzene rings is 1. The van der Waals surface area contributed by atoms with E-state index in [0.717, 1.165) is 0 Å². The second-order valence-electron chi connectivity index (χ2n) is 16.2. The number of nitrogens with zero attached hydrogens (tertiary/aromatic N) is 3. The smallest absolute Gasteiger partial charge is 0.415 e. The van der Waals surface area contributed by atoms with Crippen LogP contribution in [-0.2, 0) is 23.7 Å². The lowest BCUT2D eigenvalue weighted by atomic mass is 9.89. The molecule has 15 nitrogen and oxygen atoms in total. The summed E-state index contributed by atoms with van der Waals surface area (Å²) >= 11 is 0. The second-order valence-corrected chi connectivity index (χ2v) is 16.2. The summed E-state index contributed by atoms with van der Waals surface area (Å²) in [5, 5.41) is 8.88. The first-order valence-corrected chi connectivity index (χ1v) is 17.8. The monoisotopic (exact) mass is 752 g/mol. The molecule has 1 aliphatic carbocycles. The van der Waals surface area contributed by atoms with Crippen LogP contribution in [0.1, 0.15) is 80.7 Å². The van der Waals surface area contributed by atoms with Crippen LogP contribution in [0.3, 0.4) is 0 Å². The molecule has 0 spiro atoms. The normalized spacial score (nSPS) is 17.1. The third kappa shape index (κ3) is 10.0. The van der Waals surface area contributed by atoms with E-state index in [1.165, 1.54) is 29.4 Å². The Morgan fingerprint density at radius 3 is 2.19 bits per heavy atom. The summed E-state index contributed by atoms with van der Waals surface area (Å²) in [5.41, 5.74) is -1.29. The van der Waals surface area contributed by atoms with Crippen LogP contribution >= 0.6 is 0 Å². The van der Waals surface area contributed by atoms with Gasteiger partial charge in [0, 0.05) is 34.9 Å². The van der Waals surface area contributed by atoms with Crippen LogP contribution in [0.2, 0.25) is 0 Å². The average molecular weight is 753 g/mol. The minimum Gasteiger partial charge on any atom is -0.474 e. The molecule has 2 aliphatic rings. The van der Waals surface area contributed by atoms with Crippen molar-refractivity contribution in [2.75, 3.05) is 35.2 Å². The van der Waals surface area contributed by atoms with Crippen LogP contribution in [0.5, 0.6) is 5.88 Å². The third-order valence-electron chi connectivity index (χ3n) is 8.14. The first kappa shape index (κ1) is 39.9. The maximum absolute atomic E-state index is 16.7. The Bertz CT molecular complexity index is 1940. The number of pyridine rings is 2. The summed E-state index contributed by atoms with van der Waals surface area (Å²) in [6.07, 6.45) is 1.14.